The summed E-state index contributed by atoms with van der Waals surface area (Å²) in [5.41, 5.74) is 3.39. The Kier molecular flexibility index (Phi) is 7.26. The number of β-lactam (4-membered cyclic amide) rings is 1. The smallest absolute Gasteiger partial charge is 0.408 e. The molecule has 30 heavy (non-hydrogen) atoms. The second-order valence-corrected chi connectivity index (χ2v) is 6.88. The number of hydrogen-bond donors (Lipinski definition) is 2. The van der Waals surface area contributed by atoms with Gasteiger partial charge < -0.3 is 14.8 Å². The lowest BCUT2D eigenvalue weighted by molar-refractivity contribution is -0.173. The average Bonchev–Trinajstić information content (AvgIpc) is 2.77. The summed E-state index contributed by atoms with van der Waals surface area (Å²) >= 11 is 0. The summed E-state index contributed by atoms with van der Waals surface area (Å²) in [6, 6.07) is 17.5. The fourth-order valence-corrected chi connectivity index (χ4v) is 2.93. The number of para-hydroxylation sites is 1. The number of alkyl carbamates (subject to hydrolysis) is 1. The van der Waals surface area contributed by atoms with Crippen molar-refractivity contribution in [2.45, 2.75) is 45.1 Å². The molecule has 2 aromatic rings. The average molecular weight is 411 g/mol. The van der Waals surface area contributed by atoms with Gasteiger partial charge in [-0.2, -0.15) is 0 Å². The fourth-order valence-electron chi connectivity index (χ4n) is 2.93. The molecular weight excluding hydrogens is 386 g/mol. The van der Waals surface area contributed by atoms with Crippen molar-refractivity contribution in [1.29, 1.82) is 0 Å². The summed E-state index contributed by atoms with van der Waals surface area (Å²) in [6.45, 7) is 2.00. The first kappa shape index (κ1) is 21.2. The topological polar surface area (TPSA) is 97.0 Å². The lowest BCUT2D eigenvalue weighted by Gasteiger charge is -2.39. The van der Waals surface area contributed by atoms with E-state index < -0.39 is 24.3 Å². The molecule has 3 amide bonds. The number of nitrogens with zero attached hydrogens (tertiary/aromatic N) is 1. The van der Waals surface area contributed by atoms with Crippen LogP contribution in [-0.4, -0.2) is 35.2 Å². The van der Waals surface area contributed by atoms with E-state index in [1.54, 1.807) is 12.1 Å². The molecule has 0 bridgehead atoms. The van der Waals surface area contributed by atoms with Gasteiger partial charge in [0.2, 0.25) is 12.1 Å². The molecule has 3 rings (SSSR count). The highest BCUT2D eigenvalue weighted by Gasteiger charge is 2.40. The van der Waals surface area contributed by atoms with Gasteiger partial charge in [-0.15, -0.1) is 0 Å². The van der Waals surface area contributed by atoms with E-state index in [9.17, 15) is 14.4 Å². The van der Waals surface area contributed by atoms with E-state index >= 15 is 0 Å². The van der Waals surface area contributed by atoms with Crippen LogP contribution in [0.15, 0.2) is 60.7 Å². The van der Waals surface area contributed by atoms with Crippen molar-refractivity contribution in [2.75, 3.05) is 0 Å². The first-order chi connectivity index (χ1) is 14.6. The predicted molar refractivity (Wildman–Crippen MR) is 109 cm³/mol. The second-order valence-electron chi connectivity index (χ2n) is 6.88. The normalized spacial score (nSPS) is 16.2. The van der Waals surface area contributed by atoms with Crippen LogP contribution in [0.25, 0.3) is 0 Å². The van der Waals surface area contributed by atoms with Crippen molar-refractivity contribution >= 4 is 17.9 Å². The zero-order valence-electron chi connectivity index (χ0n) is 16.7. The number of benzene rings is 2. The highest BCUT2D eigenvalue weighted by atomic mass is 16.5. The number of nitrogens with one attached hydrogen (secondary N) is 2. The number of hydrogen-bond acceptors (Lipinski definition) is 5. The van der Waals surface area contributed by atoms with Gasteiger partial charge in [-0.1, -0.05) is 61.9 Å². The molecule has 2 atom stereocenters. The predicted octanol–water partition coefficient (Wildman–Crippen LogP) is 2.75. The van der Waals surface area contributed by atoms with Gasteiger partial charge in [0, 0.05) is 0 Å². The Hall–Kier alpha value is -3.55. The first-order valence-electron chi connectivity index (χ1n) is 9.88. The Morgan fingerprint density at radius 1 is 1.10 bits per heavy atom. The highest BCUT2D eigenvalue weighted by Crippen LogP contribution is 2.21. The fraction of sp³-hybridized carbons (Fsp3) is 0.318. The van der Waals surface area contributed by atoms with E-state index in [0.29, 0.717) is 18.6 Å². The Morgan fingerprint density at radius 3 is 2.40 bits per heavy atom. The van der Waals surface area contributed by atoms with E-state index in [4.69, 9.17) is 9.47 Å². The lowest BCUT2D eigenvalue weighted by atomic mass is 10.1. The summed E-state index contributed by atoms with van der Waals surface area (Å²) in [4.78, 5) is 36.7. The maximum atomic E-state index is 12.7. The SMILES string of the molecule is CCC[C@H](NC(=O)OCc1ccccc1)C(=O)NN1C(=O)CC1Oc1ccccc1. The van der Waals surface area contributed by atoms with Crippen LogP contribution in [0.1, 0.15) is 31.7 Å². The molecule has 1 heterocycles. The quantitative estimate of drug-likeness (QED) is 0.619. The van der Waals surface area contributed by atoms with Gasteiger partial charge in [-0.3, -0.25) is 15.0 Å². The number of carbonyl (C=O) groups excluding carboxylic acids is 3. The largest absolute Gasteiger partial charge is 0.468 e. The third-order valence-corrected chi connectivity index (χ3v) is 4.55. The van der Waals surface area contributed by atoms with E-state index in [0.717, 1.165) is 10.6 Å². The minimum absolute atomic E-state index is 0.102. The Balaban J connectivity index is 1.52. The van der Waals surface area contributed by atoms with Crippen molar-refractivity contribution in [1.82, 2.24) is 15.8 Å². The third-order valence-electron chi connectivity index (χ3n) is 4.55. The number of amides is 3. The zero-order valence-corrected chi connectivity index (χ0v) is 16.7. The number of carbonyl (C=O) groups is 3. The summed E-state index contributed by atoms with van der Waals surface area (Å²) in [7, 11) is 0. The van der Waals surface area contributed by atoms with Crippen LogP contribution in [0.2, 0.25) is 0 Å². The standard InChI is InChI=1S/C22H25N3O5/c1-2-9-18(23-22(28)29-15-16-10-5-3-6-11-16)21(27)24-25-19(26)14-20(25)30-17-12-7-4-8-13-17/h3-8,10-13,18,20H,2,9,14-15H2,1H3,(H,23,28)(H,24,27)/t18-,20?/m0/s1. The molecule has 0 aliphatic carbocycles. The molecule has 2 N–H and O–H groups in total. The molecule has 1 fully saturated rings. The van der Waals surface area contributed by atoms with Gasteiger partial charge in [-0.25, -0.2) is 9.80 Å². The first-order valence-corrected chi connectivity index (χ1v) is 9.88. The Bertz CT molecular complexity index is 860. The van der Waals surface area contributed by atoms with E-state index in [-0.39, 0.29) is 18.9 Å². The van der Waals surface area contributed by atoms with E-state index in [1.165, 1.54) is 0 Å². The number of rotatable bonds is 9. The van der Waals surface area contributed by atoms with E-state index in [1.807, 2.05) is 55.5 Å². The van der Waals surface area contributed by atoms with Gasteiger partial charge in [0.25, 0.3) is 5.91 Å². The van der Waals surface area contributed by atoms with Crippen LogP contribution >= 0.6 is 0 Å². The molecule has 8 heteroatoms. The lowest BCUT2D eigenvalue weighted by Crippen LogP contribution is -2.65. The van der Waals surface area contributed by atoms with Crippen LogP contribution in [0.5, 0.6) is 5.75 Å². The van der Waals surface area contributed by atoms with Crippen molar-refractivity contribution in [2.24, 2.45) is 0 Å². The van der Waals surface area contributed by atoms with Crippen molar-refractivity contribution in [3.05, 3.63) is 66.2 Å². The summed E-state index contributed by atoms with van der Waals surface area (Å²) < 4.78 is 10.9. The van der Waals surface area contributed by atoms with Gasteiger partial charge in [0.05, 0.1) is 6.42 Å². The zero-order chi connectivity index (χ0) is 21.3. The van der Waals surface area contributed by atoms with Gasteiger partial charge in [0.15, 0.2) is 0 Å². The molecule has 1 aliphatic heterocycles. The van der Waals surface area contributed by atoms with Crippen molar-refractivity contribution in [3.8, 4) is 5.75 Å². The molecule has 1 unspecified atom stereocenters. The molecule has 158 valence electrons. The van der Waals surface area contributed by atoms with Crippen LogP contribution in [0.4, 0.5) is 4.79 Å². The molecule has 2 aromatic carbocycles. The minimum atomic E-state index is -0.830. The van der Waals surface area contributed by atoms with Crippen molar-refractivity contribution < 1.29 is 23.9 Å². The van der Waals surface area contributed by atoms with Gasteiger partial charge in [-0.05, 0) is 24.1 Å². The molecule has 1 saturated heterocycles. The Morgan fingerprint density at radius 2 is 1.77 bits per heavy atom. The van der Waals surface area contributed by atoms with Crippen LogP contribution in [-0.2, 0) is 20.9 Å². The third kappa shape index (κ3) is 5.73. The second kappa shape index (κ2) is 10.3. The van der Waals surface area contributed by atoms with Crippen molar-refractivity contribution in [3.63, 3.8) is 0 Å². The van der Waals surface area contributed by atoms with E-state index in [2.05, 4.69) is 10.7 Å². The molecule has 0 saturated carbocycles. The summed E-state index contributed by atoms with van der Waals surface area (Å²) in [6.07, 6.45) is -0.0520. The van der Waals surface area contributed by atoms with Gasteiger partial charge in [0.1, 0.15) is 18.4 Å². The maximum absolute atomic E-state index is 12.7. The van der Waals surface area contributed by atoms with Crippen LogP contribution in [0, 0.1) is 0 Å². The number of hydrazine groups is 1. The minimum Gasteiger partial charge on any atom is -0.468 e. The molecule has 1 aliphatic rings. The van der Waals surface area contributed by atoms with Crippen LogP contribution in [0.3, 0.4) is 0 Å². The molecule has 8 nitrogen and oxygen atoms in total. The molecule has 0 spiro atoms. The number of ether oxygens (including phenoxy) is 2. The summed E-state index contributed by atoms with van der Waals surface area (Å²) in [5, 5.41) is 3.72. The monoisotopic (exact) mass is 411 g/mol. The molecule has 0 aromatic heterocycles. The molecule has 0 radical (unpaired) electrons. The van der Waals surface area contributed by atoms with Gasteiger partial charge >= 0.3 is 6.09 Å². The molecular formula is C22H25N3O5. The Labute approximate surface area is 175 Å². The summed E-state index contributed by atoms with van der Waals surface area (Å²) in [5.74, 6) is -0.156. The van der Waals surface area contributed by atoms with Crippen LogP contribution < -0.4 is 15.5 Å². The highest BCUT2D eigenvalue weighted by molar-refractivity contribution is 5.90. The maximum Gasteiger partial charge on any atom is 0.408 e.